The van der Waals surface area contributed by atoms with Crippen molar-refractivity contribution in [3.8, 4) is 0 Å². The fourth-order valence-electron chi connectivity index (χ4n) is 2.20. The second kappa shape index (κ2) is 7.50. The van der Waals surface area contributed by atoms with Crippen molar-refractivity contribution in [2.24, 2.45) is 0 Å². The van der Waals surface area contributed by atoms with E-state index in [0.29, 0.717) is 6.04 Å². The average molecular weight is 289 g/mol. The summed E-state index contributed by atoms with van der Waals surface area (Å²) in [6.07, 6.45) is 3.08. The molecule has 4 heteroatoms. The number of benzene rings is 1. The number of rotatable bonds is 7. The highest BCUT2D eigenvalue weighted by molar-refractivity contribution is 7.11. The van der Waals surface area contributed by atoms with Crippen molar-refractivity contribution < 1.29 is 0 Å². The van der Waals surface area contributed by atoms with Crippen LogP contribution in [0, 0.1) is 6.92 Å². The zero-order chi connectivity index (χ0) is 14.4. The molecule has 1 heterocycles. The van der Waals surface area contributed by atoms with E-state index in [0.717, 1.165) is 35.8 Å². The van der Waals surface area contributed by atoms with E-state index in [1.54, 1.807) is 11.3 Å². The Kier molecular flexibility index (Phi) is 5.68. The Labute approximate surface area is 125 Å². The van der Waals surface area contributed by atoms with Crippen molar-refractivity contribution in [1.29, 1.82) is 0 Å². The number of aromatic nitrogens is 2. The molecule has 2 aromatic rings. The molecule has 0 bridgehead atoms. The summed E-state index contributed by atoms with van der Waals surface area (Å²) in [5.74, 6) is 0. The van der Waals surface area contributed by atoms with Gasteiger partial charge in [-0.2, -0.15) is 0 Å². The number of hydrogen-bond acceptors (Lipinski definition) is 4. The highest BCUT2D eigenvalue weighted by Gasteiger charge is 2.14. The summed E-state index contributed by atoms with van der Waals surface area (Å²) < 4.78 is 0. The van der Waals surface area contributed by atoms with Crippen LogP contribution in [0.15, 0.2) is 24.3 Å². The third kappa shape index (κ3) is 4.12. The van der Waals surface area contributed by atoms with E-state index < -0.39 is 0 Å². The molecule has 0 amide bonds. The van der Waals surface area contributed by atoms with Gasteiger partial charge < -0.3 is 5.32 Å². The molecule has 0 aliphatic heterocycles. The third-order valence-electron chi connectivity index (χ3n) is 3.27. The smallest absolute Gasteiger partial charge is 0.134 e. The average Bonchev–Trinajstić information content (AvgIpc) is 2.88. The quantitative estimate of drug-likeness (QED) is 0.840. The monoisotopic (exact) mass is 289 g/mol. The van der Waals surface area contributed by atoms with Gasteiger partial charge in [-0.3, -0.25) is 0 Å². The van der Waals surface area contributed by atoms with Crippen LogP contribution in [0.3, 0.4) is 0 Å². The lowest BCUT2D eigenvalue weighted by Gasteiger charge is -2.12. The third-order valence-corrected chi connectivity index (χ3v) is 4.30. The predicted molar refractivity (Wildman–Crippen MR) is 85.2 cm³/mol. The second-order valence-electron chi connectivity index (χ2n) is 5.11. The Morgan fingerprint density at radius 2 is 2.10 bits per heavy atom. The number of nitrogens with one attached hydrogen (secondary N) is 1. The lowest BCUT2D eigenvalue weighted by atomic mass is 10.1. The van der Waals surface area contributed by atoms with Gasteiger partial charge in [0, 0.05) is 6.42 Å². The topological polar surface area (TPSA) is 37.8 Å². The van der Waals surface area contributed by atoms with Crippen LogP contribution in [0.5, 0.6) is 0 Å². The van der Waals surface area contributed by atoms with Gasteiger partial charge in [-0.05, 0) is 31.9 Å². The molecule has 0 saturated heterocycles. The maximum Gasteiger partial charge on any atom is 0.134 e. The van der Waals surface area contributed by atoms with Gasteiger partial charge in [0.15, 0.2) is 0 Å². The van der Waals surface area contributed by atoms with Crippen LogP contribution in [0.25, 0.3) is 0 Å². The Morgan fingerprint density at radius 1 is 1.25 bits per heavy atom. The second-order valence-corrected chi connectivity index (χ2v) is 6.21. The molecular formula is C16H23N3S. The van der Waals surface area contributed by atoms with Crippen LogP contribution < -0.4 is 5.32 Å². The minimum atomic E-state index is 0.346. The predicted octanol–water partition coefficient (Wildman–Crippen LogP) is 3.89. The fourth-order valence-corrected chi connectivity index (χ4v) is 3.24. The maximum atomic E-state index is 4.36. The zero-order valence-electron chi connectivity index (χ0n) is 12.5. The summed E-state index contributed by atoms with van der Waals surface area (Å²) in [6, 6.07) is 8.94. The van der Waals surface area contributed by atoms with E-state index in [1.165, 1.54) is 11.1 Å². The van der Waals surface area contributed by atoms with Gasteiger partial charge in [0.2, 0.25) is 0 Å². The van der Waals surface area contributed by atoms with Gasteiger partial charge in [0.05, 0.1) is 6.04 Å². The van der Waals surface area contributed by atoms with Crippen molar-refractivity contribution in [2.45, 2.75) is 46.1 Å². The summed E-state index contributed by atoms with van der Waals surface area (Å²) >= 11 is 1.73. The van der Waals surface area contributed by atoms with Gasteiger partial charge in [-0.25, -0.2) is 0 Å². The van der Waals surface area contributed by atoms with Crippen LogP contribution in [0.4, 0.5) is 0 Å². The molecule has 1 aromatic carbocycles. The van der Waals surface area contributed by atoms with Crippen molar-refractivity contribution in [2.75, 3.05) is 6.54 Å². The Hall–Kier alpha value is -1.26. The summed E-state index contributed by atoms with van der Waals surface area (Å²) in [5, 5.41) is 14.5. The van der Waals surface area contributed by atoms with Crippen molar-refractivity contribution in [3.05, 3.63) is 45.4 Å². The summed E-state index contributed by atoms with van der Waals surface area (Å²) in [4.78, 5) is 0. The van der Waals surface area contributed by atoms with Gasteiger partial charge >= 0.3 is 0 Å². The molecule has 0 aliphatic carbocycles. The minimum absolute atomic E-state index is 0.346. The standard InChI is InChI=1S/C16H23N3S/c1-4-9-17-14(5-2)16-19-18-15(20-16)11-13-8-6-7-12(3)10-13/h6-8,10,14,17H,4-5,9,11H2,1-3H3. The molecule has 0 fully saturated rings. The highest BCUT2D eigenvalue weighted by Crippen LogP contribution is 2.22. The van der Waals surface area contributed by atoms with E-state index in [9.17, 15) is 0 Å². The van der Waals surface area contributed by atoms with E-state index >= 15 is 0 Å². The van der Waals surface area contributed by atoms with E-state index in [1.807, 2.05) is 0 Å². The first-order chi connectivity index (χ1) is 9.72. The summed E-state index contributed by atoms with van der Waals surface area (Å²) in [5.41, 5.74) is 2.60. The summed E-state index contributed by atoms with van der Waals surface area (Å²) in [6.45, 7) is 7.53. The Bertz CT molecular complexity index is 536. The number of nitrogens with zero attached hydrogens (tertiary/aromatic N) is 2. The fraction of sp³-hybridized carbons (Fsp3) is 0.500. The Morgan fingerprint density at radius 3 is 2.80 bits per heavy atom. The number of aryl methyl sites for hydroxylation is 1. The molecule has 20 heavy (non-hydrogen) atoms. The van der Waals surface area contributed by atoms with Crippen LogP contribution in [0.2, 0.25) is 0 Å². The normalized spacial score (nSPS) is 12.6. The van der Waals surface area contributed by atoms with Crippen molar-refractivity contribution in [3.63, 3.8) is 0 Å². The minimum Gasteiger partial charge on any atom is -0.308 e. The van der Waals surface area contributed by atoms with E-state index in [2.05, 4.69) is 60.6 Å². The molecule has 0 aliphatic rings. The molecule has 3 nitrogen and oxygen atoms in total. The van der Waals surface area contributed by atoms with Crippen molar-refractivity contribution >= 4 is 11.3 Å². The Balaban J connectivity index is 2.04. The summed E-state index contributed by atoms with van der Waals surface area (Å²) in [7, 11) is 0. The van der Waals surface area contributed by atoms with Crippen LogP contribution >= 0.6 is 11.3 Å². The van der Waals surface area contributed by atoms with E-state index in [4.69, 9.17) is 0 Å². The molecule has 0 saturated carbocycles. The van der Waals surface area contributed by atoms with Crippen molar-refractivity contribution in [1.82, 2.24) is 15.5 Å². The maximum absolute atomic E-state index is 4.36. The molecular weight excluding hydrogens is 266 g/mol. The van der Waals surface area contributed by atoms with Crippen LogP contribution in [-0.2, 0) is 6.42 Å². The molecule has 1 aromatic heterocycles. The molecule has 1 unspecified atom stereocenters. The molecule has 0 spiro atoms. The van der Waals surface area contributed by atoms with Gasteiger partial charge in [0.1, 0.15) is 10.0 Å². The molecule has 1 N–H and O–H groups in total. The van der Waals surface area contributed by atoms with Gasteiger partial charge in [0.25, 0.3) is 0 Å². The molecule has 1 atom stereocenters. The van der Waals surface area contributed by atoms with Gasteiger partial charge in [-0.15, -0.1) is 10.2 Å². The zero-order valence-corrected chi connectivity index (χ0v) is 13.3. The molecule has 2 rings (SSSR count). The highest BCUT2D eigenvalue weighted by atomic mass is 32.1. The lowest BCUT2D eigenvalue weighted by molar-refractivity contribution is 0.513. The molecule has 108 valence electrons. The first kappa shape index (κ1) is 15.1. The van der Waals surface area contributed by atoms with Gasteiger partial charge in [-0.1, -0.05) is 55.0 Å². The largest absolute Gasteiger partial charge is 0.308 e. The van der Waals surface area contributed by atoms with Crippen LogP contribution in [-0.4, -0.2) is 16.7 Å². The van der Waals surface area contributed by atoms with E-state index in [-0.39, 0.29) is 0 Å². The van der Waals surface area contributed by atoms with Crippen LogP contribution in [0.1, 0.15) is 53.9 Å². The first-order valence-corrected chi connectivity index (χ1v) is 8.15. The number of hydrogen-bond donors (Lipinski definition) is 1. The SMILES string of the molecule is CCCNC(CC)c1nnc(Cc2cccc(C)c2)s1. The first-order valence-electron chi connectivity index (χ1n) is 7.34. The molecule has 0 radical (unpaired) electrons. The lowest BCUT2D eigenvalue weighted by Crippen LogP contribution is -2.21.